The van der Waals surface area contributed by atoms with E-state index in [2.05, 4.69) is 5.32 Å². The fourth-order valence-corrected chi connectivity index (χ4v) is 2.49. The fourth-order valence-electron chi connectivity index (χ4n) is 2.49. The molecule has 74 valence electrons. The molecule has 2 atom stereocenters. The second-order valence-corrected chi connectivity index (χ2v) is 4.35. The molecular formula is C10H17NO2. The van der Waals surface area contributed by atoms with Crippen molar-refractivity contribution >= 4 is 5.97 Å². The summed E-state index contributed by atoms with van der Waals surface area (Å²) in [5, 5.41) is 12.1. The van der Waals surface area contributed by atoms with Gasteiger partial charge in [0.05, 0.1) is 0 Å². The van der Waals surface area contributed by atoms with Crippen LogP contribution in [-0.4, -0.2) is 24.2 Å². The zero-order chi connectivity index (χ0) is 9.26. The first kappa shape index (κ1) is 9.00. The van der Waals surface area contributed by atoms with E-state index < -0.39 is 5.97 Å². The van der Waals surface area contributed by atoms with Crippen molar-refractivity contribution in [2.24, 2.45) is 17.8 Å². The smallest absolute Gasteiger partial charge is 0.303 e. The summed E-state index contributed by atoms with van der Waals surface area (Å²) in [6.07, 6.45) is 4.07. The van der Waals surface area contributed by atoms with Gasteiger partial charge in [0.1, 0.15) is 0 Å². The summed E-state index contributed by atoms with van der Waals surface area (Å²) >= 11 is 0. The molecule has 1 heterocycles. The lowest BCUT2D eigenvalue weighted by Crippen LogP contribution is -2.38. The number of hydrogen-bond acceptors (Lipinski definition) is 2. The average Bonchev–Trinajstić information content (AvgIpc) is 2.87. The molecule has 1 saturated heterocycles. The summed E-state index contributed by atoms with van der Waals surface area (Å²) in [6, 6.07) is 0. The van der Waals surface area contributed by atoms with Gasteiger partial charge in [-0.3, -0.25) is 4.79 Å². The van der Waals surface area contributed by atoms with Gasteiger partial charge >= 0.3 is 5.97 Å². The first-order valence-corrected chi connectivity index (χ1v) is 5.20. The van der Waals surface area contributed by atoms with E-state index in [1.165, 1.54) is 12.8 Å². The first-order chi connectivity index (χ1) is 6.27. The molecule has 2 aliphatic rings. The molecule has 3 heteroatoms. The lowest BCUT2D eigenvalue weighted by Gasteiger charge is -2.31. The highest BCUT2D eigenvalue weighted by molar-refractivity contribution is 5.67. The molecule has 2 N–H and O–H groups in total. The van der Waals surface area contributed by atoms with Crippen molar-refractivity contribution in [2.45, 2.75) is 25.7 Å². The molecule has 0 aromatic carbocycles. The molecule has 2 fully saturated rings. The molecule has 0 unspecified atom stereocenters. The van der Waals surface area contributed by atoms with Gasteiger partial charge in [-0.1, -0.05) is 0 Å². The Hall–Kier alpha value is -0.570. The molecule has 0 amide bonds. The monoisotopic (exact) mass is 183 g/mol. The van der Waals surface area contributed by atoms with Crippen LogP contribution in [0.25, 0.3) is 0 Å². The van der Waals surface area contributed by atoms with E-state index in [1.807, 2.05) is 0 Å². The highest BCUT2D eigenvalue weighted by atomic mass is 16.4. The predicted octanol–water partition coefficient (Wildman–Crippen LogP) is 1.10. The Morgan fingerprint density at radius 2 is 2.15 bits per heavy atom. The van der Waals surface area contributed by atoms with E-state index in [9.17, 15) is 4.79 Å². The number of rotatable bonds is 3. The van der Waals surface area contributed by atoms with Crippen molar-refractivity contribution in [3.8, 4) is 0 Å². The Balaban J connectivity index is 1.91. The Kier molecular flexibility index (Phi) is 2.54. The molecule has 0 aromatic rings. The number of hydrogen-bond donors (Lipinski definition) is 2. The van der Waals surface area contributed by atoms with Crippen LogP contribution in [0.1, 0.15) is 25.7 Å². The van der Waals surface area contributed by atoms with E-state index in [4.69, 9.17) is 5.11 Å². The van der Waals surface area contributed by atoms with Crippen LogP contribution in [0.4, 0.5) is 0 Å². The fraction of sp³-hybridized carbons (Fsp3) is 0.900. The highest BCUT2D eigenvalue weighted by Crippen LogP contribution is 2.43. The SMILES string of the molecule is O=C(O)C[C@@H]1CCNC[C@@H]1C1CC1. The molecule has 0 spiro atoms. The molecule has 0 bridgehead atoms. The first-order valence-electron chi connectivity index (χ1n) is 5.20. The quantitative estimate of drug-likeness (QED) is 0.688. The zero-order valence-corrected chi connectivity index (χ0v) is 7.83. The predicted molar refractivity (Wildman–Crippen MR) is 49.4 cm³/mol. The summed E-state index contributed by atoms with van der Waals surface area (Å²) in [6.45, 7) is 2.05. The minimum Gasteiger partial charge on any atom is -0.481 e. The lowest BCUT2D eigenvalue weighted by molar-refractivity contribution is -0.138. The maximum Gasteiger partial charge on any atom is 0.303 e. The Bertz CT molecular complexity index is 201. The summed E-state index contributed by atoms with van der Waals surface area (Å²) in [7, 11) is 0. The van der Waals surface area contributed by atoms with E-state index >= 15 is 0 Å². The van der Waals surface area contributed by atoms with Crippen molar-refractivity contribution in [3.63, 3.8) is 0 Å². The van der Waals surface area contributed by atoms with E-state index in [-0.39, 0.29) is 0 Å². The van der Waals surface area contributed by atoms with Gasteiger partial charge in [-0.25, -0.2) is 0 Å². The Labute approximate surface area is 78.5 Å². The second-order valence-electron chi connectivity index (χ2n) is 4.35. The topological polar surface area (TPSA) is 49.3 Å². The minimum atomic E-state index is -0.627. The van der Waals surface area contributed by atoms with Gasteiger partial charge in [-0.05, 0) is 50.1 Å². The standard InChI is InChI=1S/C10H17NO2/c12-10(13)5-8-3-4-11-6-9(8)7-1-2-7/h7-9,11H,1-6H2,(H,12,13)/t8-,9+/m0/s1. The second kappa shape index (κ2) is 3.66. The number of aliphatic carboxylic acids is 1. The summed E-state index contributed by atoms with van der Waals surface area (Å²) < 4.78 is 0. The van der Waals surface area contributed by atoms with Crippen LogP contribution in [0.5, 0.6) is 0 Å². The van der Waals surface area contributed by atoms with Crippen molar-refractivity contribution in [1.82, 2.24) is 5.32 Å². The van der Waals surface area contributed by atoms with Crippen molar-refractivity contribution in [2.75, 3.05) is 13.1 Å². The average molecular weight is 183 g/mol. The van der Waals surface area contributed by atoms with Crippen LogP contribution in [-0.2, 0) is 4.79 Å². The maximum atomic E-state index is 10.6. The highest BCUT2D eigenvalue weighted by Gasteiger charge is 2.38. The van der Waals surface area contributed by atoms with E-state index in [0.717, 1.165) is 25.4 Å². The number of carboxylic acids is 1. The summed E-state index contributed by atoms with van der Waals surface area (Å²) in [4.78, 5) is 10.6. The molecular weight excluding hydrogens is 166 g/mol. The van der Waals surface area contributed by atoms with Crippen LogP contribution in [0.15, 0.2) is 0 Å². The molecule has 0 radical (unpaired) electrons. The van der Waals surface area contributed by atoms with E-state index in [1.54, 1.807) is 0 Å². The van der Waals surface area contributed by atoms with Gasteiger partial charge in [0.2, 0.25) is 0 Å². The number of piperidine rings is 1. The normalized spacial score (nSPS) is 34.5. The van der Waals surface area contributed by atoms with Gasteiger partial charge in [0.15, 0.2) is 0 Å². The molecule has 1 aliphatic heterocycles. The number of nitrogens with one attached hydrogen (secondary N) is 1. The van der Waals surface area contributed by atoms with Gasteiger partial charge in [0.25, 0.3) is 0 Å². The van der Waals surface area contributed by atoms with Crippen LogP contribution in [0, 0.1) is 17.8 Å². The molecule has 13 heavy (non-hydrogen) atoms. The van der Waals surface area contributed by atoms with Crippen LogP contribution in [0.3, 0.4) is 0 Å². The van der Waals surface area contributed by atoms with Crippen molar-refractivity contribution < 1.29 is 9.90 Å². The molecule has 1 saturated carbocycles. The minimum absolute atomic E-state index is 0.378. The lowest BCUT2D eigenvalue weighted by atomic mass is 9.81. The van der Waals surface area contributed by atoms with Crippen molar-refractivity contribution in [3.05, 3.63) is 0 Å². The third-order valence-electron chi connectivity index (χ3n) is 3.34. The molecule has 0 aromatic heterocycles. The third kappa shape index (κ3) is 2.21. The third-order valence-corrected chi connectivity index (χ3v) is 3.34. The van der Waals surface area contributed by atoms with Gasteiger partial charge < -0.3 is 10.4 Å². The van der Waals surface area contributed by atoms with Crippen LogP contribution in [0.2, 0.25) is 0 Å². The molecule has 2 rings (SSSR count). The maximum absolute atomic E-state index is 10.6. The number of carbonyl (C=O) groups is 1. The zero-order valence-electron chi connectivity index (χ0n) is 7.83. The van der Waals surface area contributed by atoms with Gasteiger partial charge in [-0.2, -0.15) is 0 Å². The van der Waals surface area contributed by atoms with E-state index in [0.29, 0.717) is 18.3 Å². The van der Waals surface area contributed by atoms with Crippen molar-refractivity contribution in [1.29, 1.82) is 0 Å². The van der Waals surface area contributed by atoms with Crippen LogP contribution < -0.4 is 5.32 Å². The molecule has 1 aliphatic carbocycles. The van der Waals surface area contributed by atoms with Gasteiger partial charge in [-0.15, -0.1) is 0 Å². The number of carboxylic acid groups (broad SMARTS) is 1. The summed E-state index contributed by atoms with van der Waals surface area (Å²) in [5.41, 5.74) is 0. The Morgan fingerprint density at radius 3 is 2.77 bits per heavy atom. The molecule has 3 nitrogen and oxygen atoms in total. The summed E-state index contributed by atoms with van der Waals surface area (Å²) in [5.74, 6) is 1.28. The van der Waals surface area contributed by atoms with Crippen LogP contribution >= 0.6 is 0 Å². The largest absolute Gasteiger partial charge is 0.481 e. The van der Waals surface area contributed by atoms with Gasteiger partial charge in [0, 0.05) is 6.42 Å². The Morgan fingerprint density at radius 1 is 1.38 bits per heavy atom.